The van der Waals surface area contributed by atoms with Gasteiger partial charge in [0.25, 0.3) is 0 Å². The summed E-state index contributed by atoms with van der Waals surface area (Å²) in [6, 6.07) is 1.41. The number of rotatable bonds is 3. The minimum Gasteiger partial charge on any atom is -0.341 e. The first-order valence-corrected chi connectivity index (χ1v) is 9.33. The van der Waals surface area contributed by atoms with Gasteiger partial charge in [0.05, 0.1) is 0 Å². The standard InChI is InChI=1S/C18H29N5/c1-15-12-22-9-5-6-17(22)14-23(15)13-16-10-19-18(20-11-16)21-7-3-2-4-8-21/h10-11,15,17H,2-9,12-14H2,1H3/t15-,17-/m0/s1. The number of piperidine rings is 1. The first kappa shape index (κ1) is 15.3. The summed E-state index contributed by atoms with van der Waals surface area (Å²) in [4.78, 5) is 16.9. The van der Waals surface area contributed by atoms with Gasteiger partial charge in [-0.3, -0.25) is 9.80 Å². The molecule has 0 radical (unpaired) electrons. The predicted octanol–water partition coefficient (Wildman–Crippen LogP) is 2.14. The summed E-state index contributed by atoms with van der Waals surface area (Å²) in [5.74, 6) is 0.919. The lowest BCUT2D eigenvalue weighted by Crippen LogP contribution is -2.54. The number of aromatic nitrogens is 2. The molecule has 0 aromatic carbocycles. The topological polar surface area (TPSA) is 35.5 Å². The molecule has 1 aromatic heterocycles. The molecule has 0 aliphatic carbocycles. The van der Waals surface area contributed by atoms with E-state index in [-0.39, 0.29) is 0 Å². The molecular weight excluding hydrogens is 286 g/mol. The maximum atomic E-state index is 4.64. The Labute approximate surface area is 139 Å². The van der Waals surface area contributed by atoms with Crippen molar-refractivity contribution in [2.45, 2.75) is 57.7 Å². The van der Waals surface area contributed by atoms with Crippen LogP contribution in [0.4, 0.5) is 5.95 Å². The van der Waals surface area contributed by atoms with Gasteiger partial charge < -0.3 is 4.90 Å². The summed E-state index contributed by atoms with van der Waals surface area (Å²) < 4.78 is 0. The third-order valence-electron chi connectivity index (χ3n) is 5.78. The largest absolute Gasteiger partial charge is 0.341 e. The molecule has 2 atom stereocenters. The second-order valence-corrected chi connectivity index (χ2v) is 7.51. The first-order valence-electron chi connectivity index (χ1n) is 9.33. The molecule has 3 aliphatic rings. The third-order valence-corrected chi connectivity index (χ3v) is 5.78. The van der Waals surface area contributed by atoms with E-state index in [1.807, 2.05) is 12.4 Å². The number of anilines is 1. The minimum atomic E-state index is 0.631. The van der Waals surface area contributed by atoms with Crippen molar-refractivity contribution in [2.24, 2.45) is 0 Å². The van der Waals surface area contributed by atoms with Gasteiger partial charge in [-0.2, -0.15) is 0 Å². The normalized spacial score (nSPS) is 29.7. The van der Waals surface area contributed by atoms with Crippen LogP contribution in [-0.2, 0) is 6.54 Å². The Morgan fingerprint density at radius 2 is 1.78 bits per heavy atom. The summed E-state index contributed by atoms with van der Waals surface area (Å²) in [7, 11) is 0. The molecule has 0 N–H and O–H groups in total. The van der Waals surface area contributed by atoms with Crippen LogP contribution in [0.25, 0.3) is 0 Å². The van der Waals surface area contributed by atoms with Crippen LogP contribution >= 0.6 is 0 Å². The molecule has 0 bridgehead atoms. The predicted molar refractivity (Wildman–Crippen MR) is 92.6 cm³/mol. The fraction of sp³-hybridized carbons (Fsp3) is 0.778. The van der Waals surface area contributed by atoms with E-state index in [2.05, 4.69) is 31.6 Å². The van der Waals surface area contributed by atoms with E-state index in [9.17, 15) is 0 Å². The summed E-state index contributed by atoms with van der Waals surface area (Å²) in [6.07, 6.45) is 10.7. The van der Waals surface area contributed by atoms with Crippen LogP contribution in [0.2, 0.25) is 0 Å². The van der Waals surface area contributed by atoms with Crippen LogP contribution in [0.15, 0.2) is 12.4 Å². The number of piperazine rings is 1. The molecule has 5 nitrogen and oxygen atoms in total. The van der Waals surface area contributed by atoms with Gasteiger partial charge >= 0.3 is 0 Å². The van der Waals surface area contributed by atoms with Gasteiger partial charge in [0.2, 0.25) is 5.95 Å². The lowest BCUT2D eigenvalue weighted by atomic mass is 10.1. The van der Waals surface area contributed by atoms with Gasteiger partial charge in [-0.15, -0.1) is 0 Å². The highest BCUT2D eigenvalue weighted by molar-refractivity contribution is 5.30. The zero-order valence-corrected chi connectivity index (χ0v) is 14.3. The monoisotopic (exact) mass is 315 g/mol. The molecule has 5 heteroatoms. The van der Waals surface area contributed by atoms with Crippen LogP contribution < -0.4 is 4.90 Å². The maximum absolute atomic E-state index is 4.64. The smallest absolute Gasteiger partial charge is 0.225 e. The van der Waals surface area contributed by atoms with Gasteiger partial charge in [0, 0.05) is 62.8 Å². The average molecular weight is 315 g/mol. The van der Waals surface area contributed by atoms with E-state index in [0.29, 0.717) is 6.04 Å². The Morgan fingerprint density at radius 1 is 1.00 bits per heavy atom. The molecule has 126 valence electrons. The van der Waals surface area contributed by atoms with Crippen LogP contribution in [0.3, 0.4) is 0 Å². The first-order chi connectivity index (χ1) is 11.3. The van der Waals surface area contributed by atoms with Crippen molar-refractivity contribution < 1.29 is 0 Å². The Hall–Kier alpha value is -1.20. The molecule has 23 heavy (non-hydrogen) atoms. The molecule has 0 spiro atoms. The SMILES string of the molecule is C[C@H]1CN2CCC[C@H]2CN1Cc1cnc(N2CCCCC2)nc1. The van der Waals surface area contributed by atoms with Gasteiger partial charge in [-0.1, -0.05) is 0 Å². The van der Waals surface area contributed by atoms with Gasteiger partial charge in [0.15, 0.2) is 0 Å². The fourth-order valence-corrected chi connectivity index (χ4v) is 4.39. The number of hydrogen-bond acceptors (Lipinski definition) is 5. The lowest BCUT2D eigenvalue weighted by molar-refractivity contribution is 0.0539. The molecule has 0 unspecified atom stereocenters. The van der Waals surface area contributed by atoms with E-state index in [4.69, 9.17) is 0 Å². The molecule has 0 amide bonds. The van der Waals surface area contributed by atoms with Crippen molar-refractivity contribution in [3.8, 4) is 0 Å². The zero-order chi connectivity index (χ0) is 15.6. The van der Waals surface area contributed by atoms with E-state index in [1.54, 1.807) is 0 Å². The van der Waals surface area contributed by atoms with Crippen LogP contribution in [0.5, 0.6) is 0 Å². The van der Waals surface area contributed by atoms with Gasteiger partial charge in [-0.05, 0) is 45.6 Å². The zero-order valence-electron chi connectivity index (χ0n) is 14.3. The van der Waals surface area contributed by atoms with Crippen molar-refractivity contribution in [1.82, 2.24) is 19.8 Å². The fourth-order valence-electron chi connectivity index (χ4n) is 4.39. The molecule has 3 fully saturated rings. The Morgan fingerprint density at radius 3 is 2.57 bits per heavy atom. The van der Waals surface area contributed by atoms with Crippen molar-refractivity contribution in [1.29, 1.82) is 0 Å². The number of nitrogens with zero attached hydrogens (tertiary/aromatic N) is 5. The number of fused-ring (bicyclic) bond motifs is 1. The van der Waals surface area contributed by atoms with Crippen LogP contribution in [0.1, 0.15) is 44.6 Å². The second kappa shape index (κ2) is 6.73. The summed E-state index contributed by atoms with van der Waals surface area (Å²) >= 11 is 0. The van der Waals surface area contributed by atoms with E-state index < -0.39 is 0 Å². The van der Waals surface area contributed by atoms with Gasteiger partial charge in [0.1, 0.15) is 0 Å². The molecule has 3 aliphatic heterocycles. The van der Waals surface area contributed by atoms with Crippen molar-refractivity contribution in [2.75, 3.05) is 37.6 Å². The Balaban J connectivity index is 1.38. The van der Waals surface area contributed by atoms with E-state index in [0.717, 1.165) is 31.6 Å². The lowest BCUT2D eigenvalue weighted by Gasteiger charge is -2.42. The Kier molecular flexibility index (Phi) is 4.49. The van der Waals surface area contributed by atoms with Crippen molar-refractivity contribution in [3.63, 3.8) is 0 Å². The minimum absolute atomic E-state index is 0.631. The highest BCUT2D eigenvalue weighted by Gasteiger charge is 2.34. The molecular formula is C18H29N5. The molecule has 4 rings (SSSR count). The Bertz CT molecular complexity index is 511. The van der Waals surface area contributed by atoms with Crippen LogP contribution in [-0.4, -0.2) is 64.6 Å². The summed E-state index contributed by atoms with van der Waals surface area (Å²) in [6.45, 7) is 9.30. The molecule has 4 heterocycles. The maximum Gasteiger partial charge on any atom is 0.225 e. The average Bonchev–Trinajstić information content (AvgIpc) is 3.04. The van der Waals surface area contributed by atoms with Gasteiger partial charge in [-0.25, -0.2) is 9.97 Å². The number of hydrogen-bond donors (Lipinski definition) is 0. The molecule has 0 saturated carbocycles. The molecule has 1 aromatic rings. The summed E-state index contributed by atoms with van der Waals surface area (Å²) in [5, 5.41) is 0. The molecule has 3 saturated heterocycles. The van der Waals surface area contributed by atoms with E-state index >= 15 is 0 Å². The van der Waals surface area contributed by atoms with Crippen LogP contribution in [0, 0.1) is 0 Å². The van der Waals surface area contributed by atoms with Crippen molar-refractivity contribution in [3.05, 3.63) is 18.0 Å². The second-order valence-electron chi connectivity index (χ2n) is 7.51. The van der Waals surface area contributed by atoms with Crippen molar-refractivity contribution >= 4 is 5.95 Å². The van der Waals surface area contributed by atoms with E-state index in [1.165, 1.54) is 57.3 Å². The highest BCUT2D eigenvalue weighted by Crippen LogP contribution is 2.25. The summed E-state index contributed by atoms with van der Waals surface area (Å²) in [5.41, 5.74) is 1.25. The highest BCUT2D eigenvalue weighted by atomic mass is 15.3. The third kappa shape index (κ3) is 3.36. The quantitative estimate of drug-likeness (QED) is 0.854.